The highest BCUT2D eigenvalue weighted by Crippen LogP contribution is 2.31. The third-order valence-corrected chi connectivity index (χ3v) is 3.27. The van der Waals surface area contributed by atoms with Gasteiger partial charge < -0.3 is 11.1 Å². The Balaban J connectivity index is 1.87. The van der Waals surface area contributed by atoms with Crippen LogP contribution in [0.2, 0.25) is 0 Å². The molecule has 0 bridgehead atoms. The summed E-state index contributed by atoms with van der Waals surface area (Å²) in [5.41, 5.74) is 5.58. The van der Waals surface area contributed by atoms with Crippen LogP contribution in [0.25, 0.3) is 0 Å². The van der Waals surface area contributed by atoms with Gasteiger partial charge in [-0.1, -0.05) is 19.8 Å². The van der Waals surface area contributed by atoms with E-state index < -0.39 is 0 Å². The fraction of sp³-hybridized carbons (Fsp3) is 0.636. The third-order valence-electron chi connectivity index (χ3n) is 3.27. The first-order valence-electron chi connectivity index (χ1n) is 5.57. The Labute approximate surface area is 90.3 Å². The second kappa shape index (κ2) is 4.47. The van der Waals surface area contributed by atoms with Crippen molar-refractivity contribution in [1.82, 2.24) is 9.97 Å². The van der Waals surface area contributed by atoms with Crippen LogP contribution in [-0.2, 0) is 0 Å². The zero-order valence-corrected chi connectivity index (χ0v) is 9.11. The van der Waals surface area contributed by atoms with E-state index in [1.54, 1.807) is 6.07 Å². The van der Waals surface area contributed by atoms with E-state index in [9.17, 15) is 0 Å². The van der Waals surface area contributed by atoms with Crippen molar-refractivity contribution in [3.8, 4) is 0 Å². The first-order chi connectivity index (χ1) is 7.25. The molecular formula is C11H18N4. The van der Waals surface area contributed by atoms with Gasteiger partial charge in [0.25, 0.3) is 0 Å². The van der Waals surface area contributed by atoms with Crippen molar-refractivity contribution in [2.45, 2.75) is 26.2 Å². The summed E-state index contributed by atoms with van der Waals surface area (Å²) < 4.78 is 0. The summed E-state index contributed by atoms with van der Waals surface area (Å²) in [4.78, 5) is 7.98. The number of nitrogens with zero attached hydrogens (tertiary/aromatic N) is 2. The highest BCUT2D eigenvalue weighted by molar-refractivity contribution is 5.43. The molecule has 1 fully saturated rings. The van der Waals surface area contributed by atoms with Crippen LogP contribution in [0, 0.1) is 11.8 Å². The van der Waals surface area contributed by atoms with E-state index in [2.05, 4.69) is 22.2 Å². The van der Waals surface area contributed by atoms with Gasteiger partial charge in [0.2, 0.25) is 0 Å². The van der Waals surface area contributed by atoms with Crippen molar-refractivity contribution in [2.75, 3.05) is 17.6 Å². The lowest BCUT2D eigenvalue weighted by molar-refractivity contribution is 0.439. The number of hydrogen-bond acceptors (Lipinski definition) is 4. The molecule has 1 aromatic heterocycles. The number of hydrogen-bond donors (Lipinski definition) is 2. The van der Waals surface area contributed by atoms with Crippen molar-refractivity contribution in [2.24, 2.45) is 11.8 Å². The van der Waals surface area contributed by atoms with Crippen LogP contribution in [0.5, 0.6) is 0 Å². The van der Waals surface area contributed by atoms with Crippen LogP contribution in [0.15, 0.2) is 12.4 Å². The number of nitrogens with two attached hydrogens (primary N) is 1. The quantitative estimate of drug-likeness (QED) is 0.793. The Morgan fingerprint density at radius 2 is 2.33 bits per heavy atom. The van der Waals surface area contributed by atoms with Crippen molar-refractivity contribution in [1.29, 1.82) is 0 Å². The highest BCUT2D eigenvalue weighted by Gasteiger charge is 2.22. The maximum atomic E-state index is 5.58. The minimum Gasteiger partial charge on any atom is -0.384 e. The molecule has 1 aliphatic rings. The molecule has 0 aliphatic heterocycles. The number of aromatic nitrogens is 2. The molecule has 82 valence electrons. The second-order valence-corrected chi connectivity index (χ2v) is 4.38. The molecule has 2 rings (SSSR count). The molecular weight excluding hydrogens is 188 g/mol. The fourth-order valence-corrected chi connectivity index (χ4v) is 2.23. The van der Waals surface area contributed by atoms with Gasteiger partial charge in [0.05, 0.1) is 0 Å². The Kier molecular flexibility index (Phi) is 3.04. The molecule has 1 heterocycles. The summed E-state index contributed by atoms with van der Waals surface area (Å²) in [6.07, 6.45) is 5.54. The van der Waals surface area contributed by atoms with Gasteiger partial charge in [-0.05, 0) is 18.3 Å². The van der Waals surface area contributed by atoms with E-state index in [0.29, 0.717) is 5.82 Å². The van der Waals surface area contributed by atoms with E-state index in [1.807, 2.05) is 0 Å². The summed E-state index contributed by atoms with van der Waals surface area (Å²) >= 11 is 0. The average molecular weight is 206 g/mol. The second-order valence-electron chi connectivity index (χ2n) is 4.38. The van der Waals surface area contributed by atoms with Crippen molar-refractivity contribution < 1.29 is 0 Å². The van der Waals surface area contributed by atoms with Crippen molar-refractivity contribution in [3.05, 3.63) is 12.4 Å². The molecule has 1 saturated carbocycles. The summed E-state index contributed by atoms with van der Waals surface area (Å²) in [6, 6.07) is 1.78. The largest absolute Gasteiger partial charge is 0.384 e. The Morgan fingerprint density at radius 1 is 1.47 bits per heavy atom. The third kappa shape index (κ3) is 2.58. The maximum absolute atomic E-state index is 5.58. The standard InChI is InChI=1S/C11H18N4/c1-8-3-2-4-9(8)6-13-11-5-10(12)14-7-15-11/h5,7-9H,2-4,6H2,1H3,(H3,12,13,14,15). The van der Waals surface area contributed by atoms with Gasteiger partial charge in [-0.25, -0.2) is 9.97 Å². The molecule has 2 atom stereocenters. The number of nitrogen functional groups attached to an aromatic ring is 1. The van der Waals surface area contributed by atoms with E-state index >= 15 is 0 Å². The molecule has 4 heteroatoms. The average Bonchev–Trinajstić information content (AvgIpc) is 2.61. The predicted molar refractivity (Wildman–Crippen MR) is 61.4 cm³/mol. The molecule has 3 N–H and O–H groups in total. The molecule has 0 amide bonds. The first-order valence-corrected chi connectivity index (χ1v) is 5.57. The smallest absolute Gasteiger partial charge is 0.131 e. The Bertz CT molecular complexity index is 326. The molecule has 2 unspecified atom stereocenters. The number of anilines is 2. The minimum absolute atomic E-state index is 0.520. The van der Waals surface area contributed by atoms with Crippen molar-refractivity contribution in [3.63, 3.8) is 0 Å². The number of rotatable bonds is 3. The zero-order chi connectivity index (χ0) is 10.7. The summed E-state index contributed by atoms with van der Waals surface area (Å²) in [6.45, 7) is 3.32. The molecule has 4 nitrogen and oxygen atoms in total. The van der Waals surface area contributed by atoms with Gasteiger partial charge in [-0.2, -0.15) is 0 Å². The molecule has 1 aromatic rings. The minimum atomic E-state index is 0.520. The Hall–Kier alpha value is -1.32. The Morgan fingerprint density at radius 3 is 3.00 bits per heavy atom. The molecule has 15 heavy (non-hydrogen) atoms. The molecule has 0 aromatic carbocycles. The topological polar surface area (TPSA) is 63.8 Å². The predicted octanol–water partition coefficient (Wildman–Crippen LogP) is 1.91. The van der Waals surface area contributed by atoms with E-state index in [1.165, 1.54) is 25.6 Å². The highest BCUT2D eigenvalue weighted by atomic mass is 15.0. The van der Waals surface area contributed by atoms with Crippen LogP contribution in [0.1, 0.15) is 26.2 Å². The van der Waals surface area contributed by atoms with E-state index in [-0.39, 0.29) is 0 Å². The van der Waals surface area contributed by atoms with Gasteiger partial charge in [-0.3, -0.25) is 0 Å². The van der Waals surface area contributed by atoms with Crippen LogP contribution in [0.4, 0.5) is 11.6 Å². The molecule has 0 spiro atoms. The van der Waals surface area contributed by atoms with Crippen molar-refractivity contribution >= 4 is 11.6 Å². The van der Waals surface area contributed by atoms with E-state index in [4.69, 9.17) is 5.73 Å². The maximum Gasteiger partial charge on any atom is 0.131 e. The van der Waals surface area contributed by atoms with Gasteiger partial charge in [0.15, 0.2) is 0 Å². The van der Waals surface area contributed by atoms with Gasteiger partial charge in [0.1, 0.15) is 18.0 Å². The number of nitrogens with one attached hydrogen (secondary N) is 1. The van der Waals surface area contributed by atoms with Gasteiger partial charge in [-0.15, -0.1) is 0 Å². The van der Waals surface area contributed by atoms with E-state index in [0.717, 1.165) is 24.2 Å². The lowest BCUT2D eigenvalue weighted by atomic mass is 9.98. The normalized spacial score (nSPS) is 25.4. The SMILES string of the molecule is CC1CCCC1CNc1cc(N)ncn1. The van der Waals surface area contributed by atoms with Crippen LogP contribution in [-0.4, -0.2) is 16.5 Å². The first kappa shape index (κ1) is 10.2. The monoisotopic (exact) mass is 206 g/mol. The molecule has 0 saturated heterocycles. The summed E-state index contributed by atoms with van der Waals surface area (Å²) in [5.74, 6) is 2.96. The fourth-order valence-electron chi connectivity index (χ4n) is 2.23. The summed E-state index contributed by atoms with van der Waals surface area (Å²) in [7, 11) is 0. The summed E-state index contributed by atoms with van der Waals surface area (Å²) in [5, 5.41) is 3.33. The van der Waals surface area contributed by atoms with Gasteiger partial charge >= 0.3 is 0 Å². The zero-order valence-electron chi connectivity index (χ0n) is 9.11. The van der Waals surface area contributed by atoms with Crippen LogP contribution < -0.4 is 11.1 Å². The van der Waals surface area contributed by atoms with Gasteiger partial charge in [0, 0.05) is 12.6 Å². The molecule has 0 radical (unpaired) electrons. The molecule has 1 aliphatic carbocycles. The van der Waals surface area contributed by atoms with Crippen LogP contribution >= 0.6 is 0 Å². The lowest BCUT2D eigenvalue weighted by Gasteiger charge is -2.16. The van der Waals surface area contributed by atoms with Crippen LogP contribution in [0.3, 0.4) is 0 Å². The lowest BCUT2D eigenvalue weighted by Crippen LogP contribution is -2.17.